The number of urea groups is 1. The minimum Gasteiger partial charge on any atom is -0.308 e. The fourth-order valence-electron chi connectivity index (χ4n) is 4.20. The largest absolute Gasteiger partial charge is 0.319 e. The van der Waals surface area contributed by atoms with Gasteiger partial charge in [0.25, 0.3) is 0 Å². The highest BCUT2D eigenvalue weighted by molar-refractivity contribution is 6.81. The lowest BCUT2D eigenvalue weighted by Crippen LogP contribution is -2.57. The molecule has 1 heterocycles. The SMILES string of the molecule is CCC[Si](CCC)(CCC)N1C(=O)N(C(C)C)C(C)(C)C1=O. The molecule has 0 bridgehead atoms. The van der Waals surface area contributed by atoms with Gasteiger partial charge in [-0.05, 0) is 45.8 Å². The zero-order valence-electron chi connectivity index (χ0n) is 15.5. The second-order valence-corrected chi connectivity index (χ2v) is 11.8. The van der Waals surface area contributed by atoms with Crippen molar-refractivity contribution in [3.63, 3.8) is 0 Å². The molecule has 1 fully saturated rings. The van der Waals surface area contributed by atoms with Crippen molar-refractivity contribution in [1.82, 2.24) is 9.47 Å². The second-order valence-electron chi connectivity index (χ2n) is 7.42. The summed E-state index contributed by atoms with van der Waals surface area (Å²) < 4.78 is 1.77. The first-order valence-corrected chi connectivity index (χ1v) is 11.4. The number of carbonyl (C=O) groups excluding carboxylic acids is 2. The van der Waals surface area contributed by atoms with Crippen molar-refractivity contribution < 1.29 is 9.59 Å². The Morgan fingerprint density at radius 2 is 1.36 bits per heavy atom. The first-order chi connectivity index (χ1) is 10.2. The lowest BCUT2D eigenvalue weighted by atomic mass is 10.0. The number of hydrogen-bond acceptors (Lipinski definition) is 2. The highest BCUT2D eigenvalue weighted by Gasteiger charge is 2.58. The van der Waals surface area contributed by atoms with Crippen LogP contribution in [-0.2, 0) is 4.79 Å². The maximum absolute atomic E-state index is 13.1. The Hall–Kier alpha value is -0.843. The molecule has 0 radical (unpaired) electrons. The number of rotatable bonds is 8. The molecule has 0 aliphatic carbocycles. The summed E-state index contributed by atoms with van der Waals surface area (Å²) in [4.78, 5) is 28.0. The molecule has 0 N–H and O–H groups in total. The maximum Gasteiger partial charge on any atom is 0.319 e. The van der Waals surface area contributed by atoms with Crippen molar-refractivity contribution in [2.75, 3.05) is 0 Å². The molecule has 0 aromatic rings. The quantitative estimate of drug-likeness (QED) is 0.482. The molecule has 3 amide bonds. The summed E-state index contributed by atoms with van der Waals surface area (Å²) in [5.41, 5.74) is -0.710. The van der Waals surface area contributed by atoms with Crippen molar-refractivity contribution in [3.05, 3.63) is 0 Å². The number of hydrogen-bond donors (Lipinski definition) is 0. The number of imide groups is 1. The second kappa shape index (κ2) is 7.15. The van der Waals surface area contributed by atoms with E-state index in [1.165, 1.54) is 0 Å². The van der Waals surface area contributed by atoms with Crippen molar-refractivity contribution in [2.45, 2.75) is 97.4 Å². The number of nitrogens with zero attached hydrogens (tertiary/aromatic N) is 2. The Kier molecular flexibility index (Phi) is 6.24. The average Bonchev–Trinajstić information content (AvgIpc) is 2.56. The lowest BCUT2D eigenvalue weighted by Gasteiger charge is -2.38. The lowest BCUT2D eigenvalue weighted by molar-refractivity contribution is -0.129. The van der Waals surface area contributed by atoms with Crippen molar-refractivity contribution in [2.24, 2.45) is 0 Å². The Labute approximate surface area is 137 Å². The van der Waals surface area contributed by atoms with E-state index < -0.39 is 13.8 Å². The van der Waals surface area contributed by atoms with Crippen LogP contribution in [0.1, 0.15) is 67.7 Å². The van der Waals surface area contributed by atoms with Gasteiger partial charge in [-0.15, -0.1) is 0 Å². The number of amides is 3. The molecule has 0 aromatic heterocycles. The van der Waals surface area contributed by atoms with E-state index in [9.17, 15) is 9.59 Å². The zero-order valence-corrected chi connectivity index (χ0v) is 16.5. The molecular formula is C17H34N2O2Si. The van der Waals surface area contributed by atoms with Crippen molar-refractivity contribution >= 4 is 20.2 Å². The summed E-state index contributed by atoms with van der Waals surface area (Å²) in [5.74, 6) is 0.0354. The first kappa shape index (κ1) is 19.2. The van der Waals surface area contributed by atoms with E-state index in [4.69, 9.17) is 0 Å². The molecule has 5 heteroatoms. The van der Waals surface area contributed by atoms with Crippen LogP contribution in [0.3, 0.4) is 0 Å². The summed E-state index contributed by atoms with van der Waals surface area (Å²) in [5, 5.41) is 0. The minimum absolute atomic E-state index is 0.0352. The molecule has 0 unspecified atom stereocenters. The van der Waals surface area contributed by atoms with Gasteiger partial charge in [0.15, 0.2) is 8.24 Å². The van der Waals surface area contributed by atoms with Crippen LogP contribution < -0.4 is 0 Å². The highest BCUT2D eigenvalue weighted by atomic mass is 28.3. The molecule has 0 aromatic carbocycles. The molecule has 1 saturated heterocycles. The Balaban J connectivity index is 3.35. The molecule has 1 rings (SSSR count). The van der Waals surface area contributed by atoms with Gasteiger partial charge < -0.3 is 4.90 Å². The Bertz CT molecular complexity index is 404. The maximum atomic E-state index is 13.1. The minimum atomic E-state index is -2.07. The average molecular weight is 327 g/mol. The van der Waals surface area contributed by atoms with E-state index in [1.807, 2.05) is 27.7 Å². The van der Waals surface area contributed by atoms with Crippen LogP contribution in [0.25, 0.3) is 0 Å². The third-order valence-electron chi connectivity index (χ3n) is 4.86. The van der Waals surface area contributed by atoms with E-state index in [2.05, 4.69) is 20.8 Å². The molecule has 128 valence electrons. The Morgan fingerprint density at radius 3 is 1.64 bits per heavy atom. The van der Waals surface area contributed by atoms with E-state index >= 15 is 0 Å². The van der Waals surface area contributed by atoms with Crippen LogP contribution in [0.4, 0.5) is 4.79 Å². The summed E-state index contributed by atoms with van der Waals surface area (Å²) in [7, 11) is -2.07. The third-order valence-corrected chi connectivity index (χ3v) is 10.5. The molecule has 0 atom stereocenters. The summed E-state index contributed by atoms with van der Waals surface area (Å²) in [6.45, 7) is 14.3. The molecule has 0 saturated carbocycles. The van der Waals surface area contributed by atoms with Crippen LogP contribution in [0, 0.1) is 0 Å². The van der Waals surface area contributed by atoms with Gasteiger partial charge in [0.2, 0.25) is 5.91 Å². The van der Waals surface area contributed by atoms with E-state index in [0.717, 1.165) is 37.4 Å². The molecule has 1 aliphatic rings. The van der Waals surface area contributed by atoms with Gasteiger partial charge in [0, 0.05) is 6.04 Å². The molecule has 1 aliphatic heterocycles. The fourth-order valence-corrected chi connectivity index (χ4v) is 9.63. The summed E-state index contributed by atoms with van der Waals surface area (Å²) in [6.07, 6.45) is 3.14. The molecule has 4 nitrogen and oxygen atoms in total. The smallest absolute Gasteiger partial charge is 0.308 e. The highest BCUT2D eigenvalue weighted by Crippen LogP contribution is 2.39. The van der Waals surface area contributed by atoms with E-state index in [-0.39, 0.29) is 18.0 Å². The van der Waals surface area contributed by atoms with Gasteiger partial charge in [-0.3, -0.25) is 9.36 Å². The van der Waals surface area contributed by atoms with Crippen LogP contribution in [0.2, 0.25) is 18.1 Å². The van der Waals surface area contributed by atoms with Gasteiger partial charge in [0.1, 0.15) is 5.54 Å². The summed E-state index contributed by atoms with van der Waals surface area (Å²) >= 11 is 0. The van der Waals surface area contributed by atoms with Gasteiger partial charge in [-0.2, -0.15) is 0 Å². The first-order valence-electron chi connectivity index (χ1n) is 8.87. The predicted octanol–water partition coefficient (Wildman–Crippen LogP) is 4.61. The molecular weight excluding hydrogens is 292 g/mol. The van der Waals surface area contributed by atoms with Crippen molar-refractivity contribution in [3.8, 4) is 0 Å². The summed E-state index contributed by atoms with van der Waals surface area (Å²) in [6, 6.07) is 3.12. The van der Waals surface area contributed by atoms with Gasteiger partial charge in [-0.1, -0.05) is 40.0 Å². The zero-order chi connectivity index (χ0) is 17.1. The van der Waals surface area contributed by atoms with Crippen LogP contribution in [-0.4, -0.2) is 41.2 Å². The van der Waals surface area contributed by atoms with Crippen LogP contribution in [0.15, 0.2) is 0 Å². The van der Waals surface area contributed by atoms with Crippen LogP contribution >= 0.6 is 0 Å². The topological polar surface area (TPSA) is 40.6 Å². The molecule has 22 heavy (non-hydrogen) atoms. The van der Waals surface area contributed by atoms with E-state index in [0.29, 0.717) is 0 Å². The normalized spacial score (nSPS) is 18.7. The van der Waals surface area contributed by atoms with Gasteiger partial charge >= 0.3 is 6.03 Å². The fraction of sp³-hybridized carbons (Fsp3) is 0.882. The van der Waals surface area contributed by atoms with Crippen LogP contribution in [0.5, 0.6) is 0 Å². The Morgan fingerprint density at radius 1 is 0.955 bits per heavy atom. The van der Waals surface area contributed by atoms with E-state index in [1.54, 1.807) is 9.47 Å². The van der Waals surface area contributed by atoms with Gasteiger partial charge in [-0.25, -0.2) is 4.79 Å². The number of carbonyl (C=O) groups is 2. The predicted molar refractivity (Wildman–Crippen MR) is 94.3 cm³/mol. The van der Waals surface area contributed by atoms with Gasteiger partial charge in [0.05, 0.1) is 0 Å². The molecule has 0 spiro atoms. The monoisotopic (exact) mass is 326 g/mol. The standard InChI is InChI=1S/C17H34N2O2Si/c1-8-11-22(12-9-2,13-10-3)19-15(20)17(6,7)18(14(4)5)16(19)21/h14H,8-13H2,1-7H3. The van der Waals surface area contributed by atoms with Crippen molar-refractivity contribution in [1.29, 1.82) is 0 Å². The third kappa shape index (κ3) is 3.10.